The SMILES string of the molecule is CCCCCC1CCC2N=C(C3CC(CCCCC)CCC3OP(=O)(OCC)OCC)NC(=O)C2C1. The molecule has 2 saturated carbocycles. The molecule has 6 atom stereocenters. The molecule has 208 valence electrons. The summed E-state index contributed by atoms with van der Waals surface area (Å²) in [7, 11) is -3.66. The number of amidine groups is 1. The van der Waals surface area contributed by atoms with Crippen LogP contribution in [-0.4, -0.2) is 37.1 Å². The van der Waals surface area contributed by atoms with Gasteiger partial charge in [-0.05, 0) is 64.2 Å². The molecule has 0 aromatic heterocycles. The molecule has 6 unspecified atom stereocenters. The van der Waals surface area contributed by atoms with Crippen molar-refractivity contribution in [3.8, 4) is 0 Å². The van der Waals surface area contributed by atoms with Crippen LogP contribution in [0.15, 0.2) is 4.99 Å². The van der Waals surface area contributed by atoms with Crippen molar-refractivity contribution in [1.82, 2.24) is 5.32 Å². The van der Waals surface area contributed by atoms with E-state index in [1.807, 2.05) is 0 Å². The van der Waals surface area contributed by atoms with E-state index in [9.17, 15) is 9.36 Å². The van der Waals surface area contributed by atoms with Crippen LogP contribution in [0.3, 0.4) is 0 Å². The van der Waals surface area contributed by atoms with Crippen LogP contribution in [-0.2, 0) is 22.9 Å². The lowest BCUT2D eigenvalue weighted by Crippen LogP contribution is -2.53. The van der Waals surface area contributed by atoms with Crippen LogP contribution in [0.2, 0.25) is 0 Å². The molecule has 3 aliphatic rings. The van der Waals surface area contributed by atoms with E-state index in [0.29, 0.717) is 11.8 Å². The second-order valence-electron chi connectivity index (χ2n) is 11.1. The van der Waals surface area contributed by atoms with Gasteiger partial charge in [-0.1, -0.05) is 65.2 Å². The standard InChI is InChI=1S/C28H51N2O5P/c1-5-9-11-13-21-15-17-25-23(19-21)28(31)30-27(29-25)24-20-22(14-12-10-6-2)16-18-26(24)35-36(32,33-7-3)34-8-4/h21-26H,5-20H2,1-4H3,(H,29,30,31). The van der Waals surface area contributed by atoms with Crippen LogP contribution >= 0.6 is 7.82 Å². The van der Waals surface area contributed by atoms with E-state index in [1.54, 1.807) is 13.8 Å². The summed E-state index contributed by atoms with van der Waals surface area (Å²) in [6.45, 7) is 8.57. The number of nitrogens with one attached hydrogen (secondary N) is 1. The van der Waals surface area contributed by atoms with Crippen LogP contribution in [0.5, 0.6) is 0 Å². The molecule has 0 radical (unpaired) electrons. The Morgan fingerprint density at radius 1 is 0.833 bits per heavy atom. The largest absolute Gasteiger partial charge is 0.475 e. The number of aliphatic imine (C=N–C) groups is 1. The molecule has 2 aliphatic carbocycles. The third-order valence-electron chi connectivity index (χ3n) is 8.33. The molecule has 1 heterocycles. The van der Waals surface area contributed by atoms with E-state index >= 15 is 0 Å². The Balaban J connectivity index is 1.75. The number of hydrogen-bond donors (Lipinski definition) is 1. The maximum absolute atomic E-state index is 13.3. The van der Waals surface area contributed by atoms with Crippen molar-refractivity contribution in [3.05, 3.63) is 0 Å². The number of carbonyl (C=O) groups excluding carboxylic acids is 1. The summed E-state index contributed by atoms with van der Waals surface area (Å²) >= 11 is 0. The second kappa shape index (κ2) is 15.0. The lowest BCUT2D eigenvalue weighted by atomic mass is 9.73. The Kier molecular flexibility index (Phi) is 12.4. The molecule has 8 heteroatoms. The van der Waals surface area contributed by atoms with Crippen LogP contribution < -0.4 is 5.32 Å². The minimum absolute atomic E-state index is 0.0182. The maximum Gasteiger partial charge on any atom is 0.475 e. The molecule has 7 nitrogen and oxygen atoms in total. The summed E-state index contributed by atoms with van der Waals surface area (Å²) in [5.41, 5.74) is 0. The lowest BCUT2D eigenvalue weighted by Gasteiger charge is -2.42. The molecule has 0 aromatic rings. The van der Waals surface area contributed by atoms with Gasteiger partial charge in [0.25, 0.3) is 0 Å². The van der Waals surface area contributed by atoms with Gasteiger partial charge in [-0.25, -0.2) is 4.57 Å². The highest BCUT2D eigenvalue weighted by Crippen LogP contribution is 2.53. The predicted molar refractivity (Wildman–Crippen MR) is 145 cm³/mol. The number of phosphoric ester groups is 1. The van der Waals surface area contributed by atoms with E-state index in [-0.39, 0.29) is 43.1 Å². The first-order valence-corrected chi connectivity index (χ1v) is 16.3. The zero-order valence-corrected chi connectivity index (χ0v) is 24.1. The molecule has 0 saturated heterocycles. The van der Waals surface area contributed by atoms with Crippen LogP contribution in [0.1, 0.15) is 118 Å². The summed E-state index contributed by atoms with van der Waals surface area (Å²) < 4.78 is 30.3. The molecular formula is C28H51N2O5P. The molecule has 0 spiro atoms. The normalized spacial score (nSPS) is 31.0. The molecule has 0 bridgehead atoms. The number of rotatable bonds is 15. The molecule has 0 aromatic carbocycles. The fraction of sp³-hybridized carbons (Fsp3) is 0.929. The maximum atomic E-state index is 13.3. The number of phosphoric acid groups is 1. The Morgan fingerprint density at radius 2 is 1.42 bits per heavy atom. The number of fused-ring (bicyclic) bond motifs is 1. The molecule has 1 N–H and O–H groups in total. The fourth-order valence-corrected chi connectivity index (χ4v) is 7.82. The quantitative estimate of drug-likeness (QED) is 0.177. The van der Waals surface area contributed by atoms with E-state index in [2.05, 4.69) is 19.2 Å². The Hall–Kier alpha value is -0.750. The van der Waals surface area contributed by atoms with E-state index < -0.39 is 7.82 Å². The van der Waals surface area contributed by atoms with Crippen molar-refractivity contribution in [2.24, 2.45) is 28.7 Å². The molecule has 1 amide bonds. The topological polar surface area (TPSA) is 86.2 Å². The molecular weight excluding hydrogens is 475 g/mol. The first-order valence-electron chi connectivity index (χ1n) is 14.9. The van der Waals surface area contributed by atoms with Crippen molar-refractivity contribution < 1.29 is 22.9 Å². The average molecular weight is 527 g/mol. The van der Waals surface area contributed by atoms with E-state index in [4.69, 9.17) is 18.6 Å². The van der Waals surface area contributed by atoms with Crippen molar-refractivity contribution in [2.45, 2.75) is 130 Å². The second-order valence-corrected chi connectivity index (χ2v) is 12.7. The van der Waals surface area contributed by atoms with Gasteiger partial charge < -0.3 is 5.32 Å². The monoisotopic (exact) mass is 526 g/mol. The van der Waals surface area contributed by atoms with Crippen molar-refractivity contribution in [3.63, 3.8) is 0 Å². The van der Waals surface area contributed by atoms with Crippen LogP contribution in [0.4, 0.5) is 0 Å². The minimum atomic E-state index is -3.66. The van der Waals surface area contributed by atoms with Gasteiger partial charge >= 0.3 is 7.82 Å². The van der Waals surface area contributed by atoms with Gasteiger partial charge in [0.2, 0.25) is 5.91 Å². The van der Waals surface area contributed by atoms with Gasteiger partial charge in [-0.15, -0.1) is 0 Å². The van der Waals surface area contributed by atoms with Crippen molar-refractivity contribution in [2.75, 3.05) is 13.2 Å². The fourth-order valence-electron chi connectivity index (χ4n) is 6.41. The number of unbranched alkanes of at least 4 members (excludes halogenated alkanes) is 4. The highest BCUT2D eigenvalue weighted by Gasteiger charge is 2.44. The van der Waals surface area contributed by atoms with Crippen molar-refractivity contribution >= 4 is 19.6 Å². The highest BCUT2D eigenvalue weighted by atomic mass is 31.2. The van der Waals surface area contributed by atoms with Gasteiger partial charge in [-0.2, -0.15) is 0 Å². The number of nitrogens with zero attached hydrogens (tertiary/aromatic N) is 1. The number of amides is 1. The van der Waals surface area contributed by atoms with Crippen LogP contribution in [0, 0.1) is 23.7 Å². The Labute approximate surface area is 219 Å². The third-order valence-corrected chi connectivity index (χ3v) is 10.0. The van der Waals surface area contributed by atoms with E-state index in [0.717, 1.165) is 44.4 Å². The average Bonchev–Trinajstić information content (AvgIpc) is 2.85. The summed E-state index contributed by atoms with van der Waals surface area (Å²) in [6, 6.07) is 0.0582. The first-order chi connectivity index (χ1) is 17.4. The Bertz CT molecular complexity index is 750. The van der Waals surface area contributed by atoms with Gasteiger partial charge in [-0.3, -0.25) is 23.4 Å². The predicted octanol–water partition coefficient (Wildman–Crippen LogP) is 7.44. The highest BCUT2D eigenvalue weighted by molar-refractivity contribution is 7.48. The Morgan fingerprint density at radius 3 is 2.00 bits per heavy atom. The van der Waals surface area contributed by atoms with Crippen molar-refractivity contribution in [1.29, 1.82) is 0 Å². The van der Waals surface area contributed by atoms with Gasteiger partial charge in [0.05, 0.1) is 31.3 Å². The molecule has 36 heavy (non-hydrogen) atoms. The molecule has 1 aliphatic heterocycles. The van der Waals surface area contributed by atoms with Crippen LogP contribution in [0.25, 0.3) is 0 Å². The summed E-state index contributed by atoms with van der Waals surface area (Å²) in [6.07, 6.45) is 15.3. The lowest BCUT2D eigenvalue weighted by molar-refractivity contribution is -0.126. The zero-order chi connectivity index (χ0) is 26.0. The van der Waals surface area contributed by atoms with E-state index in [1.165, 1.54) is 51.4 Å². The third kappa shape index (κ3) is 8.38. The smallest absolute Gasteiger partial charge is 0.314 e. The summed E-state index contributed by atoms with van der Waals surface area (Å²) in [5, 5.41) is 3.20. The number of hydrogen-bond acceptors (Lipinski definition) is 6. The first kappa shape index (κ1) is 29.8. The van der Waals surface area contributed by atoms with Gasteiger partial charge in [0.15, 0.2) is 0 Å². The molecule has 2 fully saturated rings. The summed E-state index contributed by atoms with van der Waals surface area (Å²) in [4.78, 5) is 18.5. The molecule has 3 rings (SSSR count). The van der Waals surface area contributed by atoms with Gasteiger partial charge in [0.1, 0.15) is 5.84 Å². The van der Waals surface area contributed by atoms with Gasteiger partial charge in [0, 0.05) is 5.92 Å². The minimum Gasteiger partial charge on any atom is -0.314 e. The summed E-state index contributed by atoms with van der Waals surface area (Å²) in [5.74, 6) is 1.95. The zero-order valence-electron chi connectivity index (χ0n) is 23.2. The number of carbonyl (C=O) groups is 1.